The number of hydrogen-bond donors (Lipinski definition) is 2. The SMILES string of the molecule is CCNC(=NCc1c(C)nn(C)c1C)NCCc1cc(F)cc2c1OCOC2. The molecule has 3 rings (SSSR count). The van der Waals surface area contributed by atoms with Crippen LogP contribution in [0.4, 0.5) is 4.39 Å². The Kier molecular flexibility index (Phi) is 6.51. The van der Waals surface area contributed by atoms with Gasteiger partial charge in [-0.15, -0.1) is 0 Å². The number of hydrogen-bond acceptors (Lipinski definition) is 4. The van der Waals surface area contributed by atoms with Gasteiger partial charge in [0.25, 0.3) is 0 Å². The predicted octanol–water partition coefficient (Wildman–Crippen LogP) is 2.34. The van der Waals surface area contributed by atoms with Crippen LogP contribution >= 0.6 is 0 Å². The molecule has 0 aliphatic carbocycles. The standard InChI is InChI=1S/C20H28FN5O2/c1-5-22-20(24-10-18-13(2)25-26(4)14(18)3)23-7-6-15-8-17(21)9-16-11-27-12-28-19(15)16/h8-9H,5-7,10-12H2,1-4H3,(H2,22,23,24). The molecule has 1 aromatic carbocycles. The molecule has 0 amide bonds. The number of halogens is 1. The van der Waals surface area contributed by atoms with E-state index in [2.05, 4.69) is 20.7 Å². The van der Waals surface area contributed by atoms with Crippen LogP contribution in [0, 0.1) is 19.7 Å². The molecule has 28 heavy (non-hydrogen) atoms. The molecule has 0 bridgehead atoms. The maximum atomic E-state index is 13.9. The number of benzene rings is 1. The first-order valence-electron chi connectivity index (χ1n) is 9.52. The van der Waals surface area contributed by atoms with Crippen LogP contribution < -0.4 is 15.4 Å². The van der Waals surface area contributed by atoms with E-state index in [1.54, 1.807) is 0 Å². The molecule has 0 spiro atoms. The maximum absolute atomic E-state index is 13.9. The lowest BCUT2D eigenvalue weighted by molar-refractivity contribution is -0.0172. The average Bonchev–Trinajstić information content (AvgIpc) is 2.91. The van der Waals surface area contributed by atoms with Gasteiger partial charge in [-0.3, -0.25) is 4.68 Å². The second kappa shape index (κ2) is 9.05. The van der Waals surface area contributed by atoms with Crippen LogP contribution in [0.25, 0.3) is 0 Å². The smallest absolute Gasteiger partial charge is 0.191 e. The van der Waals surface area contributed by atoms with Gasteiger partial charge in [0.05, 0.1) is 18.8 Å². The van der Waals surface area contributed by atoms with Crippen molar-refractivity contribution in [3.05, 3.63) is 46.0 Å². The number of nitrogens with zero attached hydrogens (tertiary/aromatic N) is 3. The molecule has 0 saturated carbocycles. The highest BCUT2D eigenvalue weighted by Gasteiger charge is 2.17. The number of fused-ring (bicyclic) bond motifs is 1. The van der Waals surface area contributed by atoms with Crippen molar-refractivity contribution in [3.63, 3.8) is 0 Å². The third-order valence-corrected chi connectivity index (χ3v) is 4.84. The van der Waals surface area contributed by atoms with E-state index < -0.39 is 0 Å². The summed E-state index contributed by atoms with van der Waals surface area (Å²) in [5, 5.41) is 11.0. The van der Waals surface area contributed by atoms with Crippen molar-refractivity contribution in [2.24, 2.45) is 12.0 Å². The zero-order valence-electron chi connectivity index (χ0n) is 16.9. The minimum Gasteiger partial charge on any atom is -0.467 e. The van der Waals surface area contributed by atoms with Gasteiger partial charge in [-0.2, -0.15) is 5.10 Å². The highest BCUT2D eigenvalue weighted by molar-refractivity contribution is 5.79. The molecular weight excluding hydrogens is 361 g/mol. The summed E-state index contributed by atoms with van der Waals surface area (Å²) in [4.78, 5) is 4.67. The lowest BCUT2D eigenvalue weighted by atomic mass is 10.1. The first-order chi connectivity index (χ1) is 13.5. The van der Waals surface area contributed by atoms with Crippen molar-refractivity contribution >= 4 is 5.96 Å². The van der Waals surface area contributed by atoms with Crippen LogP contribution in [0.3, 0.4) is 0 Å². The van der Waals surface area contributed by atoms with Gasteiger partial charge in [0.15, 0.2) is 12.8 Å². The third-order valence-electron chi connectivity index (χ3n) is 4.84. The summed E-state index contributed by atoms with van der Waals surface area (Å²) in [5.41, 5.74) is 4.82. The molecule has 7 nitrogen and oxygen atoms in total. The van der Waals surface area contributed by atoms with E-state index >= 15 is 0 Å². The molecule has 0 atom stereocenters. The molecule has 0 unspecified atom stereocenters. The zero-order valence-corrected chi connectivity index (χ0v) is 16.9. The van der Waals surface area contributed by atoms with Crippen LogP contribution in [0.2, 0.25) is 0 Å². The van der Waals surface area contributed by atoms with E-state index in [-0.39, 0.29) is 12.6 Å². The topological polar surface area (TPSA) is 72.7 Å². The number of aromatic nitrogens is 2. The number of rotatable bonds is 6. The van der Waals surface area contributed by atoms with Crippen molar-refractivity contribution in [1.29, 1.82) is 0 Å². The summed E-state index contributed by atoms with van der Waals surface area (Å²) in [6, 6.07) is 2.99. The highest BCUT2D eigenvalue weighted by atomic mass is 19.1. The fourth-order valence-electron chi connectivity index (χ4n) is 3.30. The average molecular weight is 389 g/mol. The Morgan fingerprint density at radius 3 is 2.86 bits per heavy atom. The molecule has 1 aromatic heterocycles. The summed E-state index contributed by atoms with van der Waals surface area (Å²) < 4.78 is 26.6. The van der Waals surface area contributed by atoms with Gasteiger partial charge in [0, 0.05) is 37.0 Å². The van der Waals surface area contributed by atoms with E-state index in [0.29, 0.717) is 26.1 Å². The summed E-state index contributed by atoms with van der Waals surface area (Å²) in [6.07, 6.45) is 0.620. The maximum Gasteiger partial charge on any atom is 0.191 e. The minimum atomic E-state index is -0.272. The van der Waals surface area contributed by atoms with E-state index in [4.69, 9.17) is 9.47 Å². The summed E-state index contributed by atoms with van der Waals surface area (Å²) >= 11 is 0. The second-order valence-electron chi connectivity index (χ2n) is 6.81. The molecule has 2 heterocycles. The van der Waals surface area contributed by atoms with Gasteiger partial charge < -0.3 is 20.1 Å². The third kappa shape index (κ3) is 4.62. The fraction of sp³-hybridized carbons (Fsp3) is 0.500. The van der Waals surface area contributed by atoms with Crippen LogP contribution in [0.15, 0.2) is 17.1 Å². The summed E-state index contributed by atoms with van der Waals surface area (Å²) in [5.74, 6) is 1.18. The second-order valence-corrected chi connectivity index (χ2v) is 6.81. The molecule has 0 fully saturated rings. The molecular formula is C20H28FN5O2. The van der Waals surface area contributed by atoms with Gasteiger partial charge in [-0.1, -0.05) is 0 Å². The molecule has 8 heteroatoms. The monoisotopic (exact) mass is 389 g/mol. The Morgan fingerprint density at radius 1 is 1.32 bits per heavy atom. The summed E-state index contributed by atoms with van der Waals surface area (Å²) in [7, 11) is 1.94. The van der Waals surface area contributed by atoms with Gasteiger partial charge in [0.2, 0.25) is 0 Å². The van der Waals surface area contributed by atoms with Crippen molar-refractivity contribution in [2.45, 2.75) is 40.3 Å². The minimum absolute atomic E-state index is 0.201. The number of guanidine groups is 1. The van der Waals surface area contributed by atoms with E-state index in [0.717, 1.165) is 46.3 Å². The predicted molar refractivity (Wildman–Crippen MR) is 106 cm³/mol. The van der Waals surface area contributed by atoms with Crippen molar-refractivity contribution in [1.82, 2.24) is 20.4 Å². The Bertz CT molecular complexity index is 863. The summed E-state index contributed by atoms with van der Waals surface area (Å²) in [6.45, 7) is 8.56. The first-order valence-corrected chi connectivity index (χ1v) is 9.52. The van der Waals surface area contributed by atoms with Crippen LogP contribution in [0.5, 0.6) is 5.75 Å². The quantitative estimate of drug-likeness (QED) is 0.586. The Morgan fingerprint density at radius 2 is 2.14 bits per heavy atom. The fourth-order valence-corrected chi connectivity index (χ4v) is 3.30. The lowest BCUT2D eigenvalue weighted by Crippen LogP contribution is -2.38. The normalized spacial score (nSPS) is 13.8. The number of aryl methyl sites for hydroxylation is 2. The largest absolute Gasteiger partial charge is 0.467 e. The van der Waals surface area contributed by atoms with E-state index in [1.807, 2.05) is 32.5 Å². The molecule has 0 radical (unpaired) electrons. The van der Waals surface area contributed by atoms with Crippen molar-refractivity contribution in [3.8, 4) is 5.75 Å². The number of nitrogens with one attached hydrogen (secondary N) is 2. The molecule has 2 aromatic rings. The first kappa shape index (κ1) is 20.1. The Balaban J connectivity index is 1.65. The van der Waals surface area contributed by atoms with Gasteiger partial charge in [0.1, 0.15) is 11.6 Å². The van der Waals surface area contributed by atoms with E-state index in [9.17, 15) is 4.39 Å². The van der Waals surface area contributed by atoms with Gasteiger partial charge in [-0.05, 0) is 44.9 Å². The molecule has 1 aliphatic rings. The van der Waals surface area contributed by atoms with Gasteiger partial charge in [-0.25, -0.2) is 9.38 Å². The number of ether oxygens (including phenoxy) is 2. The van der Waals surface area contributed by atoms with Crippen LogP contribution in [-0.2, 0) is 31.4 Å². The van der Waals surface area contributed by atoms with Crippen LogP contribution in [-0.4, -0.2) is 35.6 Å². The molecule has 2 N–H and O–H groups in total. The highest BCUT2D eigenvalue weighted by Crippen LogP contribution is 2.29. The molecule has 0 saturated heterocycles. The van der Waals surface area contributed by atoms with Crippen LogP contribution in [0.1, 0.15) is 35.0 Å². The van der Waals surface area contributed by atoms with Crippen molar-refractivity contribution in [2.75, 3.05) is 19.9 Å². The van der Waals surface area contributed by atoms with E-state index in [1.165, 1.54) is 12.1 Å². The molecule has 152 valence electrons. The lowest BCUT2D eigenvalue weighted by Gasteiger charge is -2.21. The Hall–Kier alpha value is -2.61. The Labute approximate surface area is 164 Å². The molecule has 1 aliphatic heterocycles. The zero-order chi connectivity index (χ0) is 20.1. The number of aliphatic imine (C=N–C) groups is 1. The van der Waals surface area contributed by atoms with Gasteiger partial charge >= 0.3 is 0 Å². The van der Waals surface area contributed by atoms with Crippen molar-refractivity contribution < 1.29 is 13.9 Å².